The molecule has 1 aromatic rings. The van der Waals surface area contributed by atoms with Gasteiger partial charge in [0.15, 0.2) is 0 Å². The van der Waals surface area contributed by atoms with E-state index in [1.807, 2.05) is 6.92 Å². The summed E-state index contributed by atoms with van der Waals surface area (Å²) in [6.45, 7) is 4.78. The van der Waals surface area contributed by atoms with Crippen LogP contribution < -0.4 is 5.32 Å². The molecule has 0 spiro atoms. The summed E-state index contributed by atoms with van der Waals surface area (Å²) in [7, 11) is 0. The highest BCUT2D eigenvalue weighted by atomic mass is 19.1. The first-order valence-corrected chi connectivity index (χ1v) is 8.93. The highest BCUT2D eigenvalue weighted by Gasteiger charge is 2.37. The highest BCUT2D eigenvalue weighted by Crippen LogP contribution is 2.34. The van der Waals surface area contributed by atoms with Crippen LogP contribution in [0.25, 0.3) is 0 Å². The van der Waals surface area contributed by atoms with E-state index in [0.717, 1.165) is 18.4 Å². The maximum atomic E-state index is 13.3. The van der Waals surface area contributed by atoms with Crippen LogP contribution in [0.1, 0.15) is 31.7 Å². The molecule has 1 atom stereocenters. The van der Waals surface area contributed by atoms with Gasteiger partial charge in [-0.15, -0.1) is 0 Å². The highest BCUT2D eigenvalue weighted by molar-refractivity contribution is 5.89. The molecule has 2 fully saturated rings. The predicted octanol–water partition coefficient (Wildman–Crippen LogP) is 1.86. The van der Waals surface area contributed by atoms with Crippen molar-refractivity contribution in [1.82, 2.24) is 10.2 Å². The molecule has 0 radical (unpaired) electrons. The van der Waals surface area contributed by atoms with Crippen molar-refractivity contribution in [2.24, 2.45) is 5.92 Å². The Morgan fingerprint density at radius 2 is 2.00 bits per heavy atom. The number of rotatable bonds is 5. The molecule has 0 aromatic heterocycles. The van der Waals surface area contributed by atoms with Crippen LogP contribution >= 0.6 is 0 Å². The first-order valence-electron chi connectivity index (χ1n) is 8.93. The van der Waals surface area contributed by atoms with E-state index in [4.69, 9.17) is 4.74 Å². The molecule has 1 N–H and O–H groups in total. The summed E-state index contributed by atoms with van der Waals surface area (Å²) < 4.78 is 18.8. The molecule has 2 aliphatic rings. The average molecular weight is 348 g/mol. The lowest BCUT2D eigenvalue weighted by Crippen LogP contribution is -2.46. The number of hydrogen-bond donors (Lipinski definition) is 1. The quantitative estimate of drug-likeness (QED) is 0.884. The minimum atomic E-state index is -0.280. The zero-order chi connectivity index (χ0) is 17.9. The summed E-state index contributed by atoms with van der Waals surface area (Å²) in [5, 5.41) is 3.05. The topological polar surface area (TPSA) is 58.6 Å². The second-order valence-electron chi connectivity index (χ2n) is 6.95. The van der Waals surface area contributed by atoms with Crippen LogP contribution in [0.15, 0.2) is 24.3 Å². The van der Waals surface area contributed by atoms with Gasteiger partial charge in [0.05, 0.1) is 5.92 Å². The monoisotopic (exact) mass is 348 g/mol. The minimum Gasteiger partial charge on any atom is -0.381 e. The molecule has 0 saturated carbocycles. The van der Waals surface area contributed by atoms with E-state index < -0.39 is 0 Å². The standard InChI is InChI=1S/C19H25FN2O3/c1-2-22-12-14(11-17(22)23)18(24)21-13-19(7-9-25-10-8-19)15-3-5-16(20)6-4-15/h3-6,14H,2,7-13H2,1H3,(H,21,24)/t14-/m0/s1. The van der Waals surface area contributed by atoms with Crippen molar-refractivity contribution in [3.63, 3.8) is 0 Å². The molecule has 2 saturated heterocycles. The zero-order valence-corrected chi connectivity index (χ0v) is 14.6. The Morgan fingerprint density at radius 3 is 2.60 bits per heavy atom. The van der Waals surface area contributed by atoms with Crippen molar-refractivity contribution >= 4 is 11.8 Å². The smallest absolute Gasteiger partial charge is 0.225 e. The first-order chi connectivity index (χ1) is 12.0. The summed E-state index contributed by atoms with van der Waals surface area (Å²) in [6, 6.07) is 6.52. The molecule has 0 aliphatic carbocycles. The van der Waals surface area contributed by atoms with E-state index in [0.29, 0.717) is 32.8 Å². The number of benzene rings is 1. The molecule has 3 rings (SSSR count). The third kappa shape index (κ3) is 3.84. The second-order valence-corrected chi connectivity index (χ2v) is 6.95. The van der Waals surface area contributed by atoms with Gasteiger partial charge >= 0.3 is 0 Å². The van der Waals surface area contributed by atoms with Crippen LogP contribution in [0.4, 0.5) is 4.39 Å². The summed E-state index contributed by atoms with van der Waals surface area (Å²) in [6.07, 6.45) is 1.85. The minimum absolute atomic E-state index is 0.0435. The second kappa shape index (κ2) is 7.52. The molecule has 136 valence electrons. The molecule has 5 nitrogen and oxygen atoms in total. The number of carbonyl (C=O) groups excluding carboxylic acids is 2. The lowest BCUT2D eigenvalue weighted by atomic mass is 9.74. The number of nitrogens with zero attached hydrogens (tertiary/aromatic N) is 1. The van der Waals surface area contributed by atoms with Gasteiger partial charge in [-0.25, -0.2) is 4.39 Å². The van der Waals surface area contributed by atoms with Crippen molar-refractivity contribution in [2.75, 3.05) is 32.8 Å². The average Bonchev–Trinajstić information content (AvgIpc) is 3.02. The fourth-order valence-electron chi connectivity index (χ4n) is 3.79. The van der Waals surface area contributed by atoms with Crippen LogP contribution in [-0.4, -0.2) is 49.6 Å². The lowest BCUT2D eigenvalue weighted by Gasteiger charge is -2.38. The molecular formula is C19H25FN2O3. The Balaban J connectivity index is 1.68. The molecular weight excluding hydrogens is 323 g/mol. The lowest BCUT2D eigenvalue weighted by molar-refractivity contribution is -0.129. The van der Waals surface area contributed by atoms with Gasteiger partial charge in [0.1, 0.15) is 5.82 Å². The zero-order valence-electron chi connectivity index (χ0n) is 14.6. The summed E-state index contributed by atoms with van der Waals surface area (Å²) in [5.41, 5.74) is 0.782. The van der Waals surface area contributed by atoms with Gasteiger partial charge < -0.3 is 15.0 Å². The van der Waals surface area contributed by atoms with E-state index in [2.05, 4.69) is 5.32 Å². The summed E-state index contributed by atoms with van der Waals surface area (Å²) >= 11 is 0. The van der Waals surface area contributed by atoms with E-state index in [9.17, 15) is 14.0 Å². The van der Waals surface area contributed by atoms with Crippen molar-refractivity contribution in [2.45, 2.75) is 31.6 Å². The Hall–Kier alpha value is -1.95. The number of ether oxygens (including phenoxy) is 1. The van der Waals surface area contributed by atoms with Crippen LogP contribution in [0.5, 0.6) is 0 Å². The molecule has 25 heavy (non-hydrogen) atoms. The third-order valence-electron chi connectivity index (χ3n) is 5.47. The van der Waals surface area contributed by atoms with E-state index >= 15 is 0 Å². The van der Waals surface area contributed by atoms with E-state index in [1.165, 1.54) is 12.1 Å². The van der Waals surface area contributed by atoms with Crippen molar-refractivity contribution in [3.8, 4) is 0 Å². The van der Waals surface area contributed by atoms with E-state index in [-0.39, 0.29) is 35.4 Å². The van der Waals surface area contributed by atoms with Gasteiger partial charge in [0.25, 0.3) is 0 Å². The van der Waals surface area contributed by atoms with Crippen molar-refractivity contribution in [3.05, 3.63) is 35.6 Å². The maximum Gasteiger partial charge on any atom is 0.225 e. The number of hydrogen-bond acceptors (Lipinski definition) is 3. The van der Waals surface area contributed by atoms with Crippen LogP contribution in [0, 0.1) is 11.7 Å². The number of likely N-dealkylation sites (tertiary alicyclic amines) is 1. The molecule has 2 heterocycles. The van der Waals surface area contributed by atoms with Crippen molar-refractivity contribution < 1.29 is 18.7 Å². The first kappa shape index (κ1) is 17.9. The van der Waals surface area contributed by atoms with E-state index in [1.54, 1.807) is 17.0 Å². The van der Waals surface area contributed by atoms with Gasteiger partial charge in [-0.05, 0) is 37.5 Å². The largest absolute Gasteiger partial charge is 0.381 e. The summed E-state index contributed by atoms with van der Waals surface area (Å²) in [4.78, 5) is 26.1. The third-order valence-corrected chi connectivity index (χ3v) is 5.47. The van der Waals surface area contributed by atoms with Crippen molar-refractivity contribution in [1.29, 1.82) is 0 Å². The number of carbonyl (C=O) groups is 2. The molecule has 6 heteroatoms. The van der Waals surface area contributed by atoms with Gasteiger partial charge in [-0.3, -0.25) is 9.59 Å². The molecule has 1 aromatic carbocycles. The van der Waals surface area contributed by atoms with Crippen LogP contribution in [-0.2, 0) is 19.7 Å². The Kier molecular flexibility index (Phi) is 5.37. The normalized spacial score (nSPS) is 22.9. The maximum absolute atomic E-state index is 13.3. The predicted molar refractivity (Wildman–Crippen MR) is 91.5 cm³/mol. The fraction of sp³-hybridized carbons (Fsp3) is 0.579. The molecule has 0 bridgehead atoms. The molecule has 0 unspecified atom stereocenters. The molecule has 2 aliphatic heterocycles. The van der Waals surface area contributed by atoms with Gasteiger partial charge in [0, 0.05) is 44.7 Å². The SMILES string of the molecule is CCN1C[C@@H](C(=O)NCC2(c3ccc(F)cc3)CCOCC2)CC1=O. The van der Waals surface area contributed by atoms with Gasteiger partial charge in [-0.1, -0.05) is 12.1 Å². The van der Waals surface area contributed by atoms with Gasteiger partial charge in [-0.2, -0.15) is 0 Å². The fourth-order valence-corrected chi connectivity index (χ4v) is 3.79. The Bertz CT molecular complexity index is 626. The Labute approximate surface area is 147 Å². The van der Waals surface area contributed by atoms with Crippen LogP contribution in [0.3, 0.4) is 0 Å². The number of amides is 2. The number of nitrogens with one attached hydrogen (secondary N) is 1. The Morgan fingerprint density at radius 1 is 1.32 bits per heavy atom. The van der Waals surface area contributed by atoms with Gasteiger partial charge in [0.2, 0.25) is 11.8 Å². The van der Waals surface area contributed by atoms with Crippen LogP contribution in [0.2, 0.25) is 0 Å². The number of halogens is 1. The summed E-state index contributed by atoms with van der Waals surface area (Å²) in [5.74, 6) is -0.573. The molecule has 2 amide bonds.